The van der Waals surface area contributed by atoms with Gasteiger partial charge in [0.05, 0.1) is 12.7 Å². The summed E-state index contributed by atoms with van der Waals surface area (Å²) >= 11 is 0. The van der Waals surface area contributed by atoms with Crippen molar-refractivity contribution in [3.05, 3.63) is 46.8 Å². The van der Waals surface area contributed by atoms with Crippen LogP contribution in [0.15, 0.2) is 24.3 Å². The van der Waals surface area contributed by atoms with Crippen LogP contribution >= 0.6 is 0 Å². The molecule has 0 aliphatic carbocycles. The van der Waals surface area contributed by atoms with E-state index in [-0.39, 0.29) is 22.9 Å². The number of hydrogen-bond acceptors (Lipinski definition) is 5. The molecule has 0 aliphatic rings. The Balaban J connectivity index is 2.63. The van der Waals surface area contributed by atoms with Gasteiger partial charge in [-0.05, 0) is 49.9 Å². The predicted octanol–water partition coefficient (Wildman–Crippen LogP) is 4.51. The summed E-state index contributed by atoms with van der Waals surface area (Å²) < 4.78 is 11.3. The molecule has 0 unspecified atom stereocenters. The summed E-state index contributed by atoms with van der Waals surface area (Å²) in [5.41, 5.74) is 2.42. The van der Waals surface area contributed by atoms with Crippen LogP contribution in [0.4, 0.5) is 0 Å². The third-order valence-corrected chi connectivity index (χ3v) is 3.89. The fourth-order valence-electron chi connectivity index (χ4n) is 2.63. The Labute approximate surface area is 153 Å². The molecule has 1 heterocycles. The number of carbonyl (C=O) groups is 1. The molecule has 0 fully saturated rings. The van der Waals surface area contributed by atoms with Crippen LogP contribution in [0.3, 0.4) is 0 Å². The fraction of sp³-hybridized carbons (Fsp3) is 0.350. The van der Waals surface area contributed by atoms with Crippen LogP contribution in [-0.4, -0.2) is 28.2 Å². The lowest BCUT2D eigenvalue weighted by molar-refractivity contribution is -0.130. The van der Waals surface area contributed by atoms with E-state index in [0.29, 0.717) is 17.5 Å². The smallest absolute Gasteiger partial charge is 0.336 e. The van der Waals surface area contributed by atoms with Gasteiger partial charge < -0.3 is 14.6 Å². The standard InChI is InChI=1S/C20H24N2O4/c1-7-16(20(23)24)17-18(25-6)21-13(5)22-19(17)26-15-9-12(4)8-14(10-15)11(2)3/h7-11H,1-6H3,(H,23,24). The molecule has 0 spiro atoms. The zero-order chi connectivity index (χ0) is 19.4. The Morgan fingerprint density at radius 1 is 1.15 bits per heavy atom. The van der Waals surface area contributed by atoms with Crippen molar-refractivity contribution in [2.75, 3.05) is 7.11 Å². The lowest BCUT2D eigenvalue weighted by Crippen LogP contribution is -2.08. The molecular weight excluding hydrogens is 332 g/mol. The fourth-order valence-corrected chi connectivity index (χ4v) is 2.63. The number of rotatable bonds is 6. The molecule has 2 rings (SSSR count). The maximum Gasteiger partial charge on any atom is 0.336 e. The normalized spacial score (nSPS) is 11.6. The van der Waals surface area contributed by atoms with E-state index in [9.17, 15) is 9.90 Å². The molecular formula is C20H24N2O4. The van der Waals surface area contributed by atoms with E-state index in [0.717, 1.165) is 11.1 Å². The van der Waals surface area contributed by atoms with Crippen LogP contribution in [0, 0.1) is 13.8 Å². The first kappa shape index (κ1) is 19.4. The topological polar surface area (TPSA) is 81.5 Å². The molecule has 0 atom stereocenters. The van der Waals surface area contributed by atoms with Crippen LogP contribution in [-0.2, 0) is 4.79 Å². The maximum atomic E-state index is 11.7. The van der Waals surface area contributed by atoms with Gasteiger partial charge >= 0.3 is 5.97 Å². The van der Waals surface area contributed by atoms with E-state index in [1.165, 1.54) is 13.2 Å². The Morgan fingerprint density at radius 3 is 2.35 bits per heavy atom. The van der Waals surface area contributed by atoms with Gasteiger partial charge in [-0.1, -0.05) is 26.0 Å². The second-order valence-electron chi connectivity index (χ2n) is 6.30. The minimum absolute atomic E-state index is 0.0218. The van der Waals surface area contributed by atoms with Crippen molar-refractivity contribution in [3.63, 3.8) is 0 Å². The predicted molar refractivity (Wildman–Crippen MR) is 99.9 cm³/mol. The first-order valence-electron chi connectivity index (χ1n) is 8.38. The number of hydrogen-bond donors (Lipinski definition) is 1. The number of methoxy groups -OCH3 is 1. The van der Waals surface area contributed by atoms with Gasteiger partial charge in [-0.3, -0.25) is 0 Å². The molecule has 6 nitrogen and oxygen atoms in total. The van der Waals surface area contributed by atoms with Crippen LogP contribution in [0.1, 0.15) is 49.2 Å². The summed E-state index contributed by atoms with van der Waals surface area (Å²) in [5, 5.41) is 9.53. The SMILES string of the molecule is CC=C(C(=O)O)c1c(OC)nc(C)nc1Oc1cc(C)cc(C(C)C)c1. The summed E-state index contributed by atoms with van der Waals surface area (Å²) in [6.07, 6.45) is 1.47. The molecule has 26 heavy (non-hydrogen) atoms. The number of ether oxygens (including phenoxy) is 2. The largest absolute Gasteiger partial charge is 0.480 e. The Morgan fingerprint density at radius 2 is 1.81 bits per heavy atom. The molecule has 0 saturated heterocycles. The number of aromatic nitrogens is 2. The average Bonchev–Trinajstić information content (AvgIpc) is 2.56. The number of carboxylic acid groups (broad SMARTS) is 1. The second-order valence-corrected chi connectivity index (χ2v) is 6.30. The first-order valence-corrected chi connectivity index (χ1v) is 8.38. The van der Waals surface area contributed by atoms with Crippen molar-refractivity contribution in [1.29, 1.82) is 0 Å². The first-order chi connectivity index (χ1) is 12.3. The van der Waals surface area contributed by atoms with E-state index in [4.69, 9.17) is 9.47 Å². The summed E-state index contributed by atoms with van der Waals surface area (Å²) in [5.74, 6) is 0.581. The van der Waals surface area contributed by atoms with Gasteiger partial charge in [0.1, 0.15) is 17.1 Å². The maximum absolute atomic E-state index is 11.7. The number of aliphatic carboxylic acids is 1. The van der Waals surface area contributed by atoms with E-state index >= 15 is 0 Å². The van der Waals surface area contributed by atoms with E-state index in [1.807, 2.05) is 19.1 Å². The number of carboxylic acids is 1. The van der Waals surface area contributed by atoms with Crippen LogP contribution in [0.5, 0.6) is 17.5 Å². The van der Waals surface area contributed by atoms with Crippen LogP contribution in [0.25, 0.3) is 5.57 Å². The minimum atomic E-state index is -1.10. The highest BCUT2D eigenvalue weighted by Gasteiger charge is 2.24. The van der Waals surface area contributed by atoms with Crippen molar-refractivity contribution < 1.29 is 19.4 Å². The number of nitrogens with zero attached hydrogens (tertiary/aromatic N) is 2. The quantitative estimate of drug-likeness (QED) is 0.767. The van der Waals surface area contributed by atoms with Gasteiger partial charge in [-0.25, -0.2) is 4.79 Å². The third-order valence-electron chi connectivity index (χ3n) is 3.89. The minimum Gasteiger partial charge on any atom is -0.480 e. The molecule has 6 heteroatoms. The second kappa shape index (κ2) is 7.99. The van der Waals surface area contributed by atoms with E-state index in [2.05, 4.69) is 29.9 Å². The molecule has 0 amide bonds. The van der Waals surface area contributed by atoms with Crippen molar-refractivity contribution >= 4 is 11.5 Å². The van der Waals surface area contributed by atoms with Crippen LogP contribution < -0.4 is 9.47 Å². The molecule has 0 aliphatic heterocycles. The molecule has 0 radical (unpaired) electrons. The Hall–Kier alpha value is -2.89. The summed E-state index contributed by atoms with van der Waals surface area (Å²) in [6.45, 7) is 9.52. The summed E-state index contributed by atoms with van der Waals surface area (Å²) in [7, 11) is 1.44. The molecule has 2 aromatic rings. The van der Waals surface area contributed by atoms with Gasteiger partial charge in [0, 0.05) is 0 Å². The monoisotopic (exact) mass is 356 g/mol. The van der Waals surface area contributed by atoms with Gasteiger partial charge in [-0.2, -0.15) is 9.97 Å². The van der Waals surface area contributed by atoms with Gasteiger partial charge in [0.25, 0.3) is 0 Å². The highest BCUT2D eigenvalue weighted by Crippen LogP contribution is 2.36. The highest BCUT2D eigenvalue weighted by molar-refractivity contribution is 6.16. The Bertz CT molecular complexity index is 857. The molecule has 1 N–H and O–H groups in total. The van der Waals surface area contributed by atoms with Crippen molar-refractivity contribution in [3.8, 4) is 17.5 Å². The molecule has 0 bridgehead atoms. The summed E-state index contributed by atoms with van der Waals surface area (Å²) in [4.78, 5) is 20.2. The molecule has 0 saturated carbocycles. The highest BCUT2D eigenvalue weighted by atomic mass is 16.5. The van der Waals surface area contributed by atoms with Gasteiger partial charge in [-0.15, -0.1) is 0 Å². The molecule has 138 valence electrons. The number of benzene rings is 1. The number of allylic oxidation sites excluding steroid dienone is 1. The van der Waals surface area contributed by atoms with Gasteiger partial charge in [0.15, 0.2) is 0 Å². The molecule has 1 aromatic carbocycles. The molecule has 1 aromatic heterocycles. The zero-order valence-corrected chi connectivity index (χ0v) is 16.0. The van der Waals surface area contributed by atoms with Crippen molar-refractivity contribution in [2.45, 2.75) is 40.5 Å². The van der Waals surface area contributed by atoms with Gasteiger partial charge in [0.2, 0.25) is 11.8 Å². The van der Waals surface area contributed by atoms with E-state index in [1.54, 1.807) is 13.8 Å². The number of aryl methyl sites for hydroxylation is 2. The van der Waals surface area contributed by atoms with Crippen molar-refractivity contribution in [2.24, 2.45) is 0 Å². The lowest BCUT2D eigenvalue weighted by atomic mass is 10.0. The average molecular weight is 356 g/mol. The van der Waals surface area contributed by atoms with Crippen molar-refractivity contribution in [1.82, 2.24) is 9.97 Å². The Kier molecular flexibility index (Phi) is 5.97. The van der Waals surface area contributed by atoms with Crippen LogP contribution in [0.2, 0.25) is 0 Å². The zero-order valence-electron chi connectivity index (χ0n) is 16.0. The van der Waals surface area contributed by atoms with E-state index < -0.39 is 5.97 Å². The summed E-state index contributed by atoms with van der Waals surface area (Å²) in [6, 6.07) is 5.91. The lowest BCUT2D eigenvalue weighted by Gasteiger charge is -2.16. The third kappa shape index (κ3) is 4.20.